The Bertz CT molecular complexity index is 1260. The highest BCUT2D eigenvalue weighted by Crippen LogP contribution is 2.33. The van der Waals surface area contributed by atoms with Gasteiger partial charge < -0.3 is 9.47 Å². The highest BCUT2D eigenvalue weighted by Gasteiger charge is 2.24. The van der Waals surface area contributed by atoms with Crippen LogP contribution in [-0.2, 0) is 10.0 Å². The first-order chi connectivity index (χ1) is 15.3. The van der Waals surface area contributed by atoms with E-state index < -0.39 is 15.9 Å². The molecular weight excluding hydrogens is 450 g/mol. The molecule has 3 rings (SSSR count). The summed E-state index contributed by atoms with van der Waals surface area (Å²) in [6.07, 6.45) is 3.04. The summed E-state index contributed by atoms with van der Waals surface area (Å²) in [6, 6.07) is 9.64. The van der Waals surface area contributed by atoms with Crippen molar-refractivity contribution in [3.8, 4) is 11.5 Å². The van der Waals surface area contributed by atoms with Crippen LogP contribution in [0.15, 0.2) is 66.6 Å². The lowest BCUT2D eigenvalue weighted by molar-refractivity contribution is 0.102. The highest BCUT2D eigenvalue weighted by atomic mass is 32.2. The average Bonchev–Trinajstić information content (AvgIpc) is 3.19. The van der Waals surface area contributed by atoms with Crippen molar-refractivity contribution in [3.05, 3.63) is 67.3 Å². The number of thiazole rings is 1. The van der Waals surface area contributed by atoms with Crippen LogP contribution in [0.3, 0.4) is 0 Å². The molecule has 1 N–H and O–H groups in total. The minimum atomic E-state index is -3.74. The molecule has 0 aliphatic rings. The number of para-hydroxylation sites is 1. The largest absolute Gasteiger partial charge is 0.493 e. The van der Waals surface area contributed by atoms with Crippen LogP contribution in [0.1, 0.15) is 10.4 Å². The Morgan fingerprint density at radius 2 is 1.88 bits per heavy atom. The van der Waals surface area contributed by atoms with Gasteiger partial charge in [-0.25, -0.2) is 13.4 Å². The van der Waals surface area contributed by atoms with Crippen LogP contribution in [-0.4, -0.2) is 50.9 Å². The molecule has 0 aliphatic heterocycles. The summed E-state index contributed by atoms with van der Waals surface area (Å²) in [4.78, 5) is 17.3. The van der Waals surface area contributed by atoms with E-state index in [2.05, 4.69) is 23.5 Å². The number of carbonyl (C=O) groups is 1. The predicted octanol–water partition coefficient (Wildman–Crippen LogP) is 3.93. The Balaban J connectivity index is 1.91. The topological polar surface area (TPSA) is 97.8 Å². The number of amides is 1. The van der Waals surface area contributed by atoms with Crippen LogP contribution in [0.2, 0.25) is 0 Å². The number of sulfonamides is 1. The van der Waals surface area contributed by atoms with Crippen LogP contribution in [0, 0.1) is 0 Å². The molecule has 0 fully saturated rings. The minimum Gasteiger partial charge on any atom is -0.493 e. The van der Waals surface area contributed by atoms with Crippen LogP contribution in [0.4, 0.5) is 5.13 Å². The van der Waals surface area contributed by atoms with Gasteiger partial charge in [-0.3, -0.25) is 10.1 Å². The molecule has 0 radical (unpaired) electrons. The van der Waals surface area contributed by atoms with Crippen molar-refractivity contribution in [2.75, 3.05) is 32.6 Å². The number of anilines is 1. The number of methoxy groups -OCH3 is 2. The standard InChI is InChI=1S/C22H23N3O5S2/c1-5-12-25(13-6-2)32(27,28)15-10-11-17-19(14-15)31-22(23-17)24-21(26)16-8-7-9-18(29-3)20(16)30-4/h5-11,14H,1-2,12-13H2,3-4H3,(H,23,24,26). The molecule has 0 unspecified atom stereocenters. The summed E-state index contributed by atoms with van der Waals surface area (Å²) in [5, 5.41) is 3.07. The third-order valence-corrected chi connectivity index (χ3v) is 7.29. The van der Waals surface area contributed by atoms with Gasteiger partial charge in [-0.15, -0.1) is 13.2 Å². The number of hydrogen-bond donors (Lipinski definition) is 1. The first-order valence-electron chi connectivity index (χ1n) is 9.50. The summed E-state index contributed by atoms with van der Waals surface area (Å²) in [5.41, 5.74) is 0.861. The van der Waals surface area contributed by atoms with Gasteiger partial charge in [-0.1, -0.05) is 29.6 Å². The van der Waals surface area contributed by atoms with E-state index in [0.29, 0.717) is 32.4 Å². The Morgan fingerprint density at radius 1 is 1.16 bits per heavy atom. The second-order valence-corrected chi connectivity index (χ2v) is 9.51. The molecule has 10 heteroatoms. The van der Waals surface area contributed by atoms with Crippen molar-refractivity contribution < 1.29 is 22.7 Å². The number of fused-ring (bicyclic) bond motifs is 1. The molecule has 0 aliphatic carbocycles. The van der Waals surface area contributed by atoms with Crippen LogP contribution in [0.5, 0.6) is 11.5 Å². The lowest BCUT2D eigenvalue weighted by Crippen LogP contribution is -2.31. The van der Waals surface area contributed by atoms with Gasteiger partial charge in [0.1, 0.15) is 0 Å². The summed E-state index contributed by atoms with van der Waals surface area (Å²) >= 11 is 1.17. The molecule has 32 heavy (non-hydrogen) atoms. The van der Waals surface area contributed by atoms with Gasteiger partial charge in [-0.05, 0) is 30.3 Å². The van der Waals surface area contributed by atoms with Gasteiger partial charge in [0.05, 0.1) is 34.9 Å². The lowest BCUT2D eigenvalue weighted by Gasteiger charge is -2.18. The van der Waals surface area contributed by atoms with Crippen molar-refractivity contribution in [2.45, 2.75) is 4.90 Å². The zero-order valence-corrected chi connectivity index (χ0v) is 19.3. The Kier molecular flexibility index (Phi) is 7.29. The predicted molar refractivity (Wildman–Crippen MR) is 126 cm³/mol. The Hall–Kier alpha value is -3.21. The van der Waals surface area contributed by atoms with E-state index in [1.165, 1.54) is 48.1 Å². The smallest absolute Gasteiger partial charge is 0.261 e. The van der Waals surface area contributed by atoms with E-state index in [1.54, 1.807) is 30.3 Å². The number of nitrogens with one attached hydrogen (secondary N) is 1. The van der Waals surface area contributed by atoms with Crippen LogP contribution < -0.4 is 14.8 Å². The van der Waals surface area contributed by atoms with Crippen LogP contribution >= 0.6 is 11.3 Å². The third kappa shape index (κ3) is 4.67. The van der Waals surface area contributed by atoms with E-state index in [0.717, 1.165) is 0 Å². The summed E-state index contributed by atoms with van der Waals surface area (Å²) in [7, 11) is -0.794. The number of aromatic nitrogens is 1. The van der Waals surface area contributed by atoms with E-state index in [4.69, 9.17) is 9.47 Å². The second kappa shape index (κ2) is 9.94. The third-order valence-electron chi connectivity index (χ3n) is 4.53. The van der Waals surface area contributed by atoms with E-state index in [9.17, 15) is 13.2 Å². The number of hydrogen-bond acceptors (Lipinski definition) is 7. The molecule has 1 heterocycles. The first kappa shape index (κ1) is 23.5. The van der Waals surface area contributed by atoms with Crippen molar-refractivity contribution in [3.63, 3.8) is 0 Å². The zero-order valence-electron chi connectivity index (χ0n) is 17.7. The number of rotatable bonds is 10. The molecule has 0 saturated carbocycles. The Labute approximate surface area is 190 Å². The molecule has 0 bridgehead atoms. The molecule has 0 spiro atoms. The van der Waals surface area contributed by atoms with Crippen molar-refractivity contribution in [1.29, 1.82) is 0 Å². The lowest BCUT2D eigenvalue weighted by atomic mass is 10.1. The molecule has 168 valence electrons. The maximum Gasteiger partial charge on any atom is 0.261 e. The molecule has 3 aromatic rings. The summed E-state index contributed by atoms with van der Waals surface area (Å²) in [6.45, 7) is 7.56. The Morgan fingerprint density at radius 3 is 2.50 bits per heavy atom. The normalized spacial score (nSPS) is 11.3. The molecule has 2 aromatic carbocycles. The fourth-order valence-corrected chi connectivity index (χ4v) is 5.44. The van der Waals surface area contributed by atoms with E-state index >= 15 is 0 Å². The number of nitrogens with zero attached hydrogens (tertiary/aromatic N) is 2. The molecule has 0 atom stereocenters. The van der Waals surface area contributed by atoms with Gasteiger partial charge in [-0.2, -0.15) is 4.31 Å². The maximum absolute atomic E-state index is 13.0. The van der Waals surface area contributed by atoms with Crippen LogP contribution in [0.25, 0.3) is 10.2 Å². The highest BCUT2D eigenvalue weighted by molar-refractivity contribution is 7.89. The molecule has 8 nitrogen and oxygen atoms in total. The SMILES string of the molecule is C=CCN(CC=C)S(=O)(=O)c1ccc2nc(NC(=O)c3cccc(OC)c3OC)sc2c1. The van der Waals surface area contributed by atoms with Gasteiger partial charge in [0.15, 0.2) is 16.6 Å². The monoisotopic (exact) mass is 473 g/mol. The van der Waals surface area contributed by atoms with Crippen molar-refractivity contribution in [2.24, 2.45) is 0 Å². The average molecular weight is 474 g/mol. The number of ether oxygens (including phenoxy) is 2. The van der Waals surface area contributed by atoms with Gasteiger partial charge >= 0.3 is 0 Å². The molecule has 0 saturated heterocycles. The maximum atomic E-state index is 13.0. The minimum absolute atomic E-state index is 0.129. The molecular formula is C22H23N3O5S2. The molecule has 1 amide bonds. The number of benzene rings is 2. The molecule has 1 aromatic heterocycles. The van der Waals surface area contributed by atoms with E-state index in [1.807, 2.05) is 0 Å². The number of carbonyl (C=O) groups excluding carboxylic acids is 1. The first-order valence-corrected chi connectivity index (χ1v) is 11.8. The zero-order chi connectivity index (χ0) is 23.3. The van der Waals surface area contributed by atoms with Crippen molar-refractivity contribution in [1.82, 2.24) is 9.29 Å². The summed E-state index contributed by atoms with van der Waals surface area (Å²) in [5.74, 6) is 0.324. The summed E-state index contributed by atoms with van der Waals surface area (Å²) < 4.78 is 38.4. The quantitative estimate of drug-likeness (QED) is 0.448. The van der Waals surface area contributed by atoms with Gasteiger partial charge in [0.2, 0.25) is 10.0 Å². The van der Waals surface area contributed by atoms with Crippen molar-refractivity contribution >= 4 is 42.6 Å². The van der Waals surface area contributed by atoms with Gasteiger partial charge in [0.25, 0.3) is 5.91 Å². The fraction of sp³-hybridized carbons (Fsp3) is 0.182. The van der Waals surface area contributed by atoms with Gasteiger partial charge in [0, 0.05) is 13.1 Å². The van der Waals surface area contributed by atoms with E-state index in [-0.39, 0.29) is 18.0 Å². The second-order valence-electron chi connectivity index (χ2n) is 6.54. The fourth-order valence-electron chi connectivity index (χ4n) is 3.06.